The molecule has 2 nitrogen and oxygen atoms in total. The number of ether oxygens (including phenoxy) is 2. The topological polar surface area (TPSA) is 18.5 Å². The van der Waals surface area contributed by atoms with Crippen molar-refractivity contribution >= 4 is 15.9 Å². The number of benzene rings is 1. The summed E-state index contributed by atoms with van der Waals surface area (Å²) in [4.78, 5) is 0. The second-order valence-electron chi connectivity index (χ2n) is 3.38. The van der Waals surface area contributed by atoms with Crippen LogP contribution < -0.4 is 9.47 Å². The van der Waals surface area contributed by atoms with Crippen molar-refractivity contribution in [3.05, 3.63) is 22.2 Å². The molecule has 0 aliphatic heterocycles. The maximum absolute atomic E-state index is 5.30. The van der Waals surface area contributed by atoms with Crippen LogP contribution in [0.3, 0.4) is 0 Å². The van der Waals surface area contributed by atoms with Gasteiger partial charge in [0.2, 0.25) is 0 Å². The molecular weight excluding hydrogens is 244 g/mol. The zero-order valence-electron chi connectivity index (χ0n) is 8.93. The quantitative estimate of drug-likeness (QED) is 0.825. The van der Waals surface area contributed by atoms with Gasteiger partial charge in [-0.3, -0.25) is 0 Å². The van der Waals surface area contributed by atoms with Crippen LogP contribution in [0.5, 0.6) is 11.5 Å². The van der Waals surface area contributed by atoms with Gasteiger partial charge in [-0.15, -0.1) is 0 Å². The predicted octanol–water partition coefficient (Wildman–Crippen LogP) is 3.59. The van der Waals surface area contributed by atoms with Crippen LogP contribution in [-0.2, 0) is 0 Å². The van der Waals surface area contributed by atoms with Gasteiger partial charge in [-0.1, -0.05) is 13.8 Å². The lowest BCUT2D eigenvalue weighted by molar-refractivity contribution is 0.395. The van der Waals surface area contributed by atoms with E-state index in [1.807, 2.05) is 12.1 Å². The number of hydrogen-bond acceptors (Lipinski definition) is 2. The smallest absolute Gasteiger partial charge is 0.133 e. The van der Waals surface area contributed by atoms with Gasteiger partial charge in [0, 0.05) is 5.56 Å². The monoisotopic (exact) mass is 258 g/mol. The van der Waals surface area contributed by atoms with Crippen LogP contribution in [-0.4, -0.2) is 14.2 Å². The molecule has 1 rings (SSSR count). The van der Waals surface area contributed by atoms with Crippen molar-refractivity contribution in [2.24, 2.45) is 0 Å². The molecule has 14 heavy (non-hydrogen) atoms. The van der Waals surface area contributed by atoms with E-state index in [9.17, 15) is 0 Å². The molecule has 78 valence electrons. The Morgan fingerprint density at radius 2 is 1.64 bits per heavy atom. The Morgan fingerprint density at radius 1 is 1.07 bits per heavy atom. The van der Waals surface area contributed by atoms with Crippen molar-refractivity contribution in [3.63, 3.8) is 0 Å². The first-order valence-electron chi connectivity index (χ1n) is 4.51. The third-order valence-corrected chi connectivity index (χ3v) is 2.75. The normalized spacial score (nSPS) is 10.4. The average Bonchev–Trinajstić information content (AvgIpc) is 2.16. The molecule has 0 aliphatic rings. The standard InChI is InChI=1S/C11H15BrO2/c1-7(2)8-5-11(14-4)9(12)6-10(8)13-3/h5-7H,1-4H3. The van der Waals surface area contributed by atoms with Gasteiger partial charge in [-0.05, 0) is 34.0 Å². The molecule has 0 spiro atoms. The molecule has 0 bridgehead atoms. The third kappa shape index (κ3) is 2.21. The van der Waals surface area contributed by atoms with Crippen molar-refractivity contribution in [1.82, 2.24) is 0 Å². The van der Waals surface area contributed by atoms with Gasteiger partial charge < -0.3 is 9.47 Å². The molecule has 1 aromatic carbocycles. The van der Waals surface area contributed by atoms with Crippen molar-refractivity contribution in [3.8, 4) is 11.5 Å². The zero-order valence-corrected chi connectivity index (χ0v) is 10.5. The minimum atomic E-state index is 0.423. The van der Waals surface area contributed by atoms with Crippen LogP contribution in [0, 0.1) is 0 Å². The summed E-state index contributed by atoms with van der Waals surface area (Å²) in [5, 5.41) is 0. The van der Waals surface area contributed by atoms with Gasteiger partial charge in [0.25, 0.3) is 0 Å². The Labute approximate surface area is 93.4 Å². The molecule has 0 radical (unpaired) electrons. The summed E-state index contributed by atoms with van der Waals surface area (Å²) in [6.07, 6.45) is 0. The second-order valence-corrected chi connectivity index (χ2v) is 4.24. The Bertz CT molecular complexity index is 321. The molecule has 0 N–H and O–H groups in total. The van der Waals surface area contributed by atoms with Crippen LogP contribution in [0.4, 0.5) is 0 Å². The SMILES string of the molecule is COc1cc(C(C)C)c(OC)cc1Br. The van der Waals surface area contributed by atoms with E-state index in [-0.39, 0.29) is 0 Å². The van der Waals surface area contributed by atoms with Gasteiger partial charge in [0.05, 0.1) is 18.7 Å². The fraction of sp³-hybridized carbons (Fsp3) is 0.455. The lowest BCUT2D eigenvalue weighted by Gasteiger charge is -2.14. The number of methoxy groups -OCH3 is 2. The molecule has 3 heteroatoms. The fourth-order valence-electron chi connectivity index (χ4n) is 1.34. The van der Waals surface area contributed by atoms with Crippen LogP contribution in [0.25, 0.3) is 0 Å². The largest absolute Gasteiger partial charge is 0.496 e. The Morgan fingerprint density at radius 3 is 2.07 bits per heavy atom. The van der Waals surface area contributed by atoms with E-state index in [4.69, 9.17) is 9.47 Å². The minimum absolute atomic E-state index is 0.423. The maximum atomic E-state index is 5.30. The Hall–Kier alpha value is -0.700. The van der Waals surface area contributed by atoms with Crippen molar-refractivity contribution < 1.29 is 9.47 Å². The molecule has 0 amide bonds. The summed E-state index contributed by atoms with van der Waals surface area (Å²) in [5.41, 5.74) is 1.16. The van der Waals surface area contributed by atoms with Gasteiger partial charge in [0.15, 0.2) is 0 Å². The van der Waals surface area contributed by atoms with Crippen molar-refractivity contribution in [2.45, 2.75) is 19.8 Å². The van der Waals surface area contributed by atoms with Crippen LogP contribution in [0.15, 0.2) is 16.6 Å². The van der Waals surface area contributed by atoms with Crippen LogP contribution in [0.2, 0.25) is 0 Å². The van der Waals surface area contributed by atoms with E-state index >= 15 is 0 Å². The highest BCUT2D eigenvalue weighted by Gasteiger charge is 2.11. The van der Waals surface area contributed by atoms with Gasteiger partial charge in [0.1, 0.15) is 11.5 Å². The third-order valence-electron chi connectivity index (χ3n) is 2.13. The molecule has 0 atom stereocenters. The highest BCUT2D eigenvalue weighted by Crippen LogP contribution is 2.36. The fourth-order valence-corrected chi connectivity index (χ4v) is 1.82. The summed E-state index contributed by atoms with van der Waals surface area (Å²) in [6.45, 7) is 4.26. The molecule has 0 aliphatic carbocycles. The van der Waals surface area contributed by atoms with E-state index in [0.717, 1.165) is 21.5 Å². The summed E-state index contributed by atoms with van der Waals surface area (Å²) in [5.74, 6) is 2.16. The summed E-state index contributed by atoms with van der Waals surface area (Å²) in [7, 11) is 3.34. The van der Waals surface area contributed by atoms with E-state index in [1.54, 1.807) is 14.2 Å². The van der Waals surface area contributed by atoms with E-state index in [2.05, 4.69) is 29.8 Å². The van der Waals surface area contributed by atoms with E-state index in [0.29, 0.717) is 5.92 Å². The van der Waals surface area contributed by atoms with Gasteiger partial charge >= 0.3 is 0 Å². The van der Waals surface area contributed by atoms with E-state index < -0.39 is 0 Å². The maximum Gasteiger partial charge on any atom is 0.133 e. The average molecular weight is 259 g/mol. The van der Waals surface area contributed by atoms with Crippen LogP contribution in [0.1, 0.15) is 25.3 Å². The summed E-state index contributed by atoms with van der Waals surface area (Å²) < 4.78 is 11.5. The molecule has 0 saturated carbocycles. The van der Waals surface area contributed by atoms with E-state index in [1.165, 1.54) is 0 Å². The lowest BCUT2D eigenvalue weighted by atomic mass is 10.0. The van der Waals surface area contributed by atoms with Crippen LogP contribution >= 0.6 is 15.9 Å². The highest BCUT2D eigenvalue weighted by atomic mass is 79.9. The molecule has 0 unspecified atom stereocenters. The molecule has 1 aromatic rings. The van der Waals surface area contributed by atoms with Crippen molar-refractivity contribution in [2.75, 3.05) is 14.2 Å². The molecular formula is C11H15BrO2. The Balaban J connectivity index is 3.25. The number of hydrogen-bond donors (Lipinski definition) is 0. The predicted molar refractivity (Wildman–Crippen MR) is 61.3 cm³/mol. The Kier molecular flexibility index (Phi) is 3.81. The van der Waals surface area contributed by atoms with Crippen molar-refractivity contribution in [1.29, 1.82) is 0 Å². The first-order chi connectivity index (χ1) is 6.60. The lowest BCUT2D eigenvalue weighted by Crippen LogP contribution is -1.96. The molecule has 0 saturated heterocycles. The molecule has 0 heterocycles. The minimum Gasteiger partial charge on any atom is -0.496 e. The number of halogens is 1. The second kappa shape index (κ2) is 4.69. The summed E-state index contributed by atoms with van der Waals surface area (Å²) in [6, 6.07) is 3.95. The molecule has 0 aromatic heterocycles. The highest BCUT2D eigenvalue weighted by molar-refractivity contribution is 9.10. The van der Waals surface area contributed by atoms with Gasteiger partial charge in [-0.2, -0.15) is 0 Å². The first-order valence-corrected chi connectivity index (χ1v) is 5.30. The first kappa shape index (κ1) is 11.4. The summed E-state index contributed by atoms with van der Waals surface area (Å²) >= 11 is 3.43. The number of rotatable bonds is 3. The molecule has 0 fully saturated rings. The zero-order chi connectivity index (χ0) is 10.7. The van der Waals surface area contributed by atoms with Gasteiger partial charge in [-0.25, -0.2) is 0 Å².